The Hall–Kier alpha value is -2.30. The van der Waals surface area contributed by atoms with Crippen LogP contribution in [0.4, 0.5) is 5.13 Å². The standard InChI is InChI=1S/C21H22N4O3S3/c1-13-23-24-20(30-13)22-18(26)12-25-19(27)17(31-21(25)29)11-14-7-9-16(10-8-14)28-15-5-3-2-4-6-15/h7-11,15H,2-6,12H2,1H3,(H,22,24,26)/b17-11-. The van der Waals surface area contributed by atoms with Crippen molar-refractivity contribution in [2.24, 2.45) is 0 Å². The molecule has 0 atom stereocenters. The molecule has 4 rings (SSSR count). The number of aromatic nitrogens is 2. The number of anilines is 1. The van der Waals surface area contributed by atoms with Crippen LogP contribution in [-0.4, -0.2) is 43.9 Å². The van der Waals surface area contributed by atoms with Crippen molar-refractivity contribution in [2.45, 2.75) is 45.1 Å². The predicted octanol–water partition coefficient (Wildman–Crippen LogP) is 4.40. The Kier molecular flexibility index (Phi) is 6.99. The zero-order valence-electron chi connectivity index (χ0n) is 17.0. The van der Waals surface area contributed by atoms with Gasteiger partial charge in [0.05, 0.1) is 11.0 Å². The van der Waals surface area contributed by atoms with Crippen LogP contribution in [0, 0.1) is 6.92 Å². The van der Waals surface area contributed by atoms with Gasteiger partial charge >= 0.3 is 0 Å². The molecular formula is C21H22N4O3S3. The number of thiocarbonyl (C=S) groups is 1. The first-order valence-electron chi connectivity index (χ1n) is 10.1. The summed E-state index contributed by atoms with van der Waals surface area (Å²) < 4.78 is 6.41. The van der Waals surface area contributed by atoms with Gasteiger partial charge in [0.2, 0.25) is 11.0 Å². The first-order chi connectivity index (χ1) is 15.0. The van der Waals surface area contributed by atoms with Crippen LogP contribution in [0.2, 0.25) is 0 Å². The van der Waals surface area contributed by atoms with Crippen LogP contribution >= 0.6 is 35.3 Å². The molecule has 2 amide bonds. The molecule has 1 aromatic heterocycles. The lowest BCUT2D eigenvalue weighted by atomic mass is 9.98. The van der Waals surface area contributed by atoms with Crippen LogP contribution in [-0.2, 0) is 9.59 Å². The zero-order chi connectivity index (χ0) is 21.8. The maximum Gasteiger partial charge on any atom is 0.266 e. The third-order valence-electron chi connectivity index (χ3n) is 4.98. The van der Waals surface area contributed by atoms with Crippen molar-refractivity contribution < 1.29 is 14.3 Å². The highest BCUT2D eigenvalue weighted by Gasteiger charge is 2.33. The van der Waals surface area contributed by atoms with E-state index < -0.39 is 0 Å². The molecule has 1 aromatic carbocycles. The van der Waals surface area contributed by atoms with Crippen LogP contribution in [0.15, 0.2) is 29.2 Å². The van der Waals surface area contributed by atoms with Crippen molar-refractivity contribution >= 4 is 62.7 Å². The van der Waals surface area contributed by atoms with Crippen LogP contribution in [0.3, 0.4) is 0 Å². The summed E-state index contributed by atoms with van der Waals surface area (Å²) in [6.07, 6.45) is 8.04. The van der Waals surface area contributed by atoms with Crippen molar-refractivity contribution in [3.63, 3.8) is 0 Å². The quantitative estimate of drug-likeness (QED) is 0.491. The van der Waals surface area contributed by atoms with Crippen molar-refractivity contribution in [3.05, 3.63) is 39.7 Å². The molecule has 2 aliphatic rings. The summed E-state index contributed by atoms with van der Waals surface area (Å²) in [5.74, 6) is 0.208. The van der Waals surface area contributed by atoms with Gasteiger partial charge in [0.25, 0.3) is 5.91 Å². The Morgan fingerprint density at radius 3 is 2.68 bits per heavy atom. The van der Waals surface area contributed by atoms with E-state index in [4.69, 9.17) is 17.0 Å². The Balaban J connectivity index is 1.36. The van der Waals surface area contributed by atoms with Crippen LogP contribution in [0.5, 0.6) is 5.75 Å². The highest BCUT2D eigenvalue weighted by atomic mass is 32.2. The molecule has 1 aliphatic carbocycles. The van der Waals surface area contributed by atoms with E-state index in [0.29, 0.717) is 20.5 Å². The normalized spacial score (nSPS) is 18.6. The highest BCUT2D eigenvalue weighted by molar-refractivity contribution is 8.26. The molecule has 31 heavy (non-hydrogen) atoms. The number of carbonyl (C=O) groups excluding carboxylic acids is 2. The van der Waals surface area contributed by atoms with Gasteiger partial charge < -0.3 is 4.74 Å². The summed E-state index contributed by atoms with van der Waals surface area (Å²) in [5, 5.41) is 11.5. The summed E-state index contributed by atoms with van der Waals surface area (Å²) in [4.78, 5) is 26.8. The SMILES string of the molecule is Cc1nnc(NC(=O)CN2C(=O)/C(=C/c3ccc(OC4CCCCC4)cc3)SC2=S)s1. The number of carbonyl (C=O) groups is 2. The Morgan fingerprint density at radius 1 is 1.26 bits per heavy atom. The fourth-order valence-electron chi connectivity index (χ4n) is 3.46. The van der Waals surface area contributed by atoms with Gasteiger partial charge in [-0.25, -0.2) is 0 Å². The molecule has 2 aromatic rings. The number of nitrogens with zero attached hydrogens (tertiary/aromatic N) is 3. The minimum atomic E-state index is -0.363. The number of hydrogen-bond donors (Lipinski definition) is 1. The molecule has 2 fully saturated rings. The number of aryl methyl sites for hydroxylation is 1. The van der Waals surface area contributed by atoms with Gasteiger partial charge in [-0.3, -0.25) is 19.8 Å². The summed E-state index contributed by atoms with van der Waals surface area (Å²) >= 11 is 7.78. The van der Waals surface area contributed by atoms with Gasteiger partial charge in [0.15, 0.2) is 0 Å². The fourth-order valence-corrected chi connectivity index (χ4v) is 5.32. The first-order valence-corrected chi connectivity index (χ1v) is 12.1. The average Bonchev–Trinajstić information content (AvgIpc) is 3.27. The highest BCUT2D eigenvalue weighted by Crippen LogP contribution is 2.33. The average molecular weight is 475 g/mol. The summed E-state index contributed by atoms with van der Waals surface area (Å²) in [6.45, 7) is 1.64. The molecular weight excluding hydrogens is 452 g/mol. The van der Waals surface area contributed by atoms with Gasteiger partial charge in [0, 0.05) is 0 Å². The van der Waals surface area contributed by atoms with E-state index in [1.807, 2.05) is 24.3 Å². The third-order valence-corrected chi connectivity index (χ3v) is 7.11. The van der Waals surface area contributed by atoms with E-state index in [1.54, 1.807) is 13.0 Å². The number of ether oxygens (including phenoxy) is 1. The molecule has 2 heterocycles. The Labute approximate surface area is 194 Å². The van der Waals surface area contributed by atoms with Gasteiger partial charge in [-0.05, 0) is 56.4 Å². The van der Waals surface area contributed by atoms with Gasteiger partial charge in [0.1, 0.15) is 21.6 Å². The molecule has 1 saturated heterocycles. The van der Waals surface area contributed by atoms with Gasteiger partial charge in [-0.15, -0.1) is 10.2 Å². The minimum Gasteiger partial charge on any atom is -0.490 e. The molecule has 162 valence electrons. The van der Waals surface area contributed by atoms with Crippen LogP contribution in [0.25, 0.3) is 6.08 Å². The minimum absolute atomic E-state index is 0.158. The number of benzene rings is 1. The molecule has 1 N–H and O–H groups in total. The second kappa shape index (κ2) is 9.88. The maximum absolute atomic E-state index is 12.8. The molecule has 1 saturated carbocycles. The van der Waals surface area contributed by atoms with Gasteiger partial charge in [-0.1, -0.05) is 53.9 Å². The molecule has 7 nitrogen and oxygen atoms in total. The lowest BCUT2D eigenvalue weighted by molar-refractivity contribution is -0.126. The summed E-state index contributed by atoms with van der Waals surface area (Å²) in [7, 11) is 0. The summed E-state index contributed by atoms with van der Waals surface area (Å²) in [6, 6.07) is 7.71. The van der Waals surface area contributed by atoms with Crippen molar-refractivity contribution in [3.8, 4) is 5.75 Å². The summed E-state index contributed by atoms with van der Waals surface area (Å²) in [5.41, 5.74) is 0.880. The molecule has 0 unspecified atom stereocenters. The van der Waals surface area contributed by atoms with E-state index in [2.05, 4.69) is 15.5 Å². The monoisotopic (exact) mass is 474 g/mol. The fraction of sp³-hybridized carbons (Fsp3) is 0.381. The molecule has 10 heteroatoms. The smallest absolute Gasteiger partial charge is 0.266 e. The van der Waals surface area contributed by atoms with Crippen molar-refractivity contribution in [2.75, 3.05) is 11.9 Å². The molecule has 0 radical (unpaired) electrons. The van der Waals surface area contributed by atoms with Gasteiger partial charge in [-0.2, -0.15) is 0 Å². The first kappa shape index (κ1) is 21.9. The van der Waals surface area contributed by atoms with Crippen LogP contribution < -0.4 is 10.1 Å². The molecule has 1 aliphatic heterocycles. The van der Waals surface area contributed by atoms with E-state index in [9.17, 15) is 9.59 Å². The van der Waals surface area contributed by atoms with E-state index in [1.165, 1.54) is 47.3 Å². The second-order valence-corrected chi connectivity index (χ2v) is 10.2. The largest absolute Gasteiger partial charge is 0.490 e. The van der Waals surface area contributed by atoms with E-state index in [-0.39, 0.29) is 18.4 Å². The number of amides is 2. The third kappa shape index (κ3) is 5.69. The number of hydrogen-bond acceptors (Lipinski definition) is 8. The maximum atomic E-state index is 12.8. The van der Waals surface area contributed by atoms with Crippen molar-refractivity contribution in [1.82, 2.24) is 15.1 Å². The lowest BCUT2D eigenvalue weighted by Gasteiger charge is -2.22. The van der Waals surface area contributed by atoms with Crippen molar-refractivity contribution in [1.29, 1.82) is 0 Å². The molecule has 0 bridgehead atoms. The topological polar surface area (TPSA) is 84.4 Å². The Bertz CT molecular complexity index is 1010. The zero-order valence-corrected chi connectivity index (χ0v) is 19.4. The lowest BCUT2D eigenvalue weighted by Crippen LogP contribution is -2.36. The number of thioether (sulfide) groups is 1. The molecule has 0 spiro atoms. The Morgan fingerprint density at radius 2 is 2.00 bits per heavy atom. The number of nitrogens with one attached hydrogen (secondary N) is 1. The second-order valence-electron chi connectivity index (χ2n) is 7.39. The van der Waals surface area contributed by atoms with Crippen LogP contribution in [0.1, 0.15) is 42.7 Å². The van der Waals surface area contributed by atoms with E-state index in [0.717, 1.165) is 29.2 Å². The predicted molar refractivity (Wildman–Crippen MR) is 127 cm³/mol. The van der Waals surface area contributed by atoms with E-state index >= 15 is 0 Å². The number of rotatable bonds is 6.